The molecule has 0 N–H and O–H groups in total. The summed E-state index contributed by atoms with van der Waals surface area (Å²) >= 11 is 0. The van der Waals surface area contributed by atoms with Gasteiger partial charge in [0.1, 0.15) is 11.2 Å². The standard InChI is InChI=1S/C39H28O/c1-3-14-31-29(4-2)37(28-18-12-17-27(25-28)26-15-6-5-7-16-26)32-20-8-9-21-33(32)38(31)35-23-13-22-34-30-19-10-11-24-36(30)40-39(34)35/h3-25H,1H2,2H3/b29-4+,31-14+. The van der Waals surface area contributed by atoms with Crippen molar-refractivity contribution in [2.24, 2.45) is 0 Å². The molecule has 6 aromatic carbocycles. The smallest absolute Gasteiger partial charge is 0.143 e. The topological polar surface area (TPSA) is 13.1 Å². The first-order chi connectivity index (χ1) is 19.8. The first-order valence-corrected chi connectivity index (χ1v) is 13.7. The van der Waals surface area contributed by atoms with Crippen LogP contribution in [-0.4, -0.2) is 0 Å². The zero-order valence-corrected chi connectivity index (χ0v) is 22.4. The van der Waals surface area contributed by atoms with Gasteiger partial charge in [0, 0.05) is 21.9 Å². The van der Waals surface area contributed by atoms with Gasteiger partial charge in [-0.05, 0) is 62.5 Å². The summed E-state index contributed by atoms with van der Waals surface area (Å²) in [5.74, 6) is 0. The van der Waals surface area contributed by atoms with Crippen molar-refractivity contribution in [2.75, 3.05) is 0 Å². The Bertz CT molecular complexity index is 2180. The molecule has 0 spiro atoms. The summed E-state index contributed by atoms with van der Waals surface area (Å²) in [6, 6.07) is 42.9. The Balaban J connectivity index is 1.62. The highest BCUT2D eigenvalue weighted by atomic mass is 16.3. The Morgan fingerprint density at radius 3 is 1.95 bits per heavy atom. The molecule has 0 aliphatic rings. The van der Waals surface area contributed by atoms with Crippen LogP contribution in [0, 0.1) is 0 Å². The van der Waals surface area contributed by atoms with Crippen LogP contribution in [-0.2, 0) is 0 Å². The Morgan fingerprint density at radius 2 is 1.18 bits per heavy atom. The summed E-state index contributed by atoms with van der Waals surface area (Å²) in [5.41, 5.74) is 8.90. The molecule has 1 nitrogen and oxygen atoms in total. The van der Waals surface area contributed by atoms with Crippen LogP contribution in [0.3, 0.4) is 0 Å². The van der Waals surface area contributed by atoms with Crippen molar-refractivity contribution in [1.29, 1.82) is 0 Å². The summed E-state index contributed by atoms with van der Waals surface area (Å²) in [6.45, 7) is 6.23. The molecule has 0 radical (unpaired) electrons. The van der Waals surface area contributed by atoms with E-state index in [0.717, 1.165) is 38.3 Å². The molecular weight excluding hydrogens is 484 g/mol. The normalized spacial score (nSPS) is 12.5. The summed E-state index contributed by atoms with van der Waals surface area (Å²) in [6.07, 6.45) is 6.27. The Kier molecular flexibility index (Phi) is 5.91. The highest BCUT2D eigenvalue weighted by Gasteiger charge is 2.18. The molecule has 1 aromatic heterocycles. The number of benzene rings is 6. The van der Waals surface area contributed by atoms with E-state index in [1.165, 1.54) is 38.2 Å². The number of hydrogen-bond donors (Lipinski definition) is 0. The predicted molar refractivity (Wildman–Crippen MR) is 172 cm³/mol. The van der Waals surface area contributed by atoms with Gasteiger partial charge >= 0.3 is 0 Å². The molecule has 7 rings (SSSR count). The van der Waals surface area contributed by atoms with Crippen LogP contribution in [0.1, 0.15) is 6.92 Å². The molecule has 0 saturated heterocycles. The summed E-state index contributed by atoms with van der Waals surface area (Å²) < 4.78 is 6.52. The molecule has 0 fully saturated rings. The van der Waals surface area contributed by atoms with Gasteiger partial charge in [0.05, 0.1) is 0 Å². The summed E-state index contributed by atoms with van der Waals surface area (Å²) in [5, 5.41) is 6.99. The van der Waals surface area contributed by atoms with E-state index in [9.17, 15) is 0 Å². The van der Waals surface area contributed by atoms with Crippen molar-refractivity contribution in [3.8, 4) is 33.4 Å². The van der Waals surface area contributed by atoms with Gasteiger partial charge in [-0.2, -0.15) is 0 Å². The van der Waals surface area contributed by atoms with Crippen LogP contribution in [0.15, 0.2) is 138 Å². The number of fused-ring (bicyclic) bond motifs is 4. The van der Waals surface area contributed by atoms with Gasteiger partial charge in [0.15, 0.2) is 0 Å². The largest absolute Gasteiger partial charge is 0.455 e. The molecule has 0 unspecified atom stereocenters. The van der Waals surface area contributed by atoms with Crippen LogP contribution in [0.25, 0.3) is 78.2 Å². The minimum Gasteiger partial charge on any atom is -0.455 e. The maximum Gasteiger partial charge on any atom is 0.143 e. The molecule has 0 bridgehead atoms. The minimum atomic E-state index is 0.903. The molecule has 0 aliphatic heterocycles. The third-order valence-corrected chi connectivity index (χ3v) is 7.80. The van der Waals surface area contributed by atoms with Crippen LogP contribution >= 0.6 is 0 Å². The number of allylic oxidation sites excluding steroid dienone is 1. The van der Waals surface area contributed by atoms with E-state index in [2.05, 4.69) is 135 Å². The van der Waals surface area contributed by atoms with E-state index < -0.39 is 0 Å². The van der Waals surface area contributed by atoms with E-state index in [0.29, 0.717) is 0 Å². The van der Waals surface area contributed by atoms with E-state index in [4.69, 9.17) is 4.42 Å². The lowest BCUT2D eigenvalue weighted by Crippen LogP contribution is -2.29. The molecule has 0 aliphatic carbocycles. The van der Waals surface area contributed by atoms with Crippen LogP contribution in [0.4, 0.5) is 0 Å². The Morgan fingerprint density at radius 1 is 0.550 bits per heavy atom. The van der Waals surface area contributed by atoms with E-state index in [1.54, 1.807) is 0 Å². The molecule has 40 heavy (non-hydrogen) atoms. The van der Waals surface area contributed by atoms with Gasteiger partial charge in [-0.1, -0.05) is 134 Å². The molecule has 0 saturated carbocycles. The zero-order valence-electron chi connectivity index (χ0n) is 22.4. The lowest BCUT2D eigenvalue weighted by atomic mass is 9.87. The summed E-state index contributed by atoms with van der Waals surface area (Å²) in [7, 11) is 0. The third kappa shape index (κ3) is 3.79. The van der Waals surface area contributed by atoms with Crippen molar-refractivity contribution in [1.82, 2.24) is 0 Å². The van der Waals surface area contributed by atoms with Crippen molar-refractivity contribution in [3.63, 3.8) is 0 Å². The first-order valence-electron chi connectivity index (χ1n) is 13.7. The van der Waals surface area contributed by atoms with Crippen LogP contribution < -0.4 is 10.4 Å². The number of rotatable bonds is 4. The molecule has 7 aromatic rings. The van der Waals surface area contributed by atoms with E-state index in [-0.39, 0.29) is 0 Å². The van der Waals surface area contributed by atoms with Gasteiger partial charge in [0.2, 0.25) is 0 Å². The lowest BCUT2D eigenvalue weighted by Gasteiger charge is -2.16. The third-order valence-electron chi connectivity index (χ3n) is 7.80. The van der Waals surface area contributed by atoms with Gasteiger partial charge in [0.25, 0.3) is 0 Å². The Labute approximate surface area is 233 Å². The first kappa shape index (κ1) is 23.9. The SMILES string of the molecule is C=C/C=c1/c(-c2cccc3c2oc2ccccc23)c2ccccc2c(-c2cccc(-c3ccccc3)c2)/c1=C/C. The molecule has 1 heterocycles. The average molecular weight is 513 g/mol. The van der Waals surface area contributed by atoms with Gasteiger partial charge in [-0.25, -0.2) is 0 Å². The Hall–Kier alpha value is -5.14. The zero-order chi connectivity index (χ0) is 27.1. The van der Waals surface area contributed by atoms with Gasteiger partial charge < -0.3 is 4.42 Å². The van der Waals surface area contributed by atoms with Crippen LogP contribution in [0.5, 0.6) is 0 Å². The highest BCUT2D eigenvalue weighted by Crippen LogP contribution is 2.38. The monoisotopic (exact) mass is 512 g/mol. The number of hydrogen-bond acceptors (Lipinski definition) is 1. The fraction of sp³-hybridized carbons (Fsp3) is 0.0256. The number of para-hydroxylation sites is 2. The van der Waals surface area contributed by atoms with E-state index >= 15 is 0 Å². The maximum atomic E-state index is 6.52. The second kappa shape index (κ2) is 9.87. The minimum absolute atomic E-state index is 0.903. The van der Waals surface area contributed by atoms with Crippen LogP contribution in [0.2, 0.25) is 0 Å². The van der Waals surface area contributed by atoms with Crippen molar-refractivity contribution in [2.45, 2.75) is 6.92 Å². The molecule has 1 heteroatoms. The molecule has 190 valence electrons. The average Bonchev–Trinajstić information content (AvgIpc) is 3.40. The van der Waals surface area contributed by atoms with Crippen molar-refractivity contribution >= 4 is 44.9 Å². The maximum absolute atomic E-state index is 6.52. The molecule has 0 amide bonds. The van der Waals surface area contributed by atoms with Gasteiger partial charge in [-0.15, -0.1) is 0 Å². The van der Waals surface area contributed by atoms with E-state index in [1.807, 2.05) is 18.2 Å². The fourth-order valence-electron chi connectivity index (χ4n) is 6.10. The summed E-state index contributed by atoms with van der Waals surface area (Å²) in [4.78, 5) is 0. The lowest BCUT2D eigenvalue weighted by molar-refractivity contribution is 0.670. The van der Waals surface area contributed by atoms with Crippen molar-refractivity contribution < 1.29 is 4.42 Å². The fourth-order valence-corrected chi connectivity index (χ4v) is 6.10. The quantitative estimate of drug-likeness (QED) is 0.229. The second-order valence-electron chi connectivity index (χ2n) is 10.0. The van der Waals surface area contributed by atoms with Gasteiger partial charge in [-0.3, -0.25) is 0 Å². The number of furan rings is 1. The predicted octanol–water partition coefficient (Wildman–Crippen LogP) is 9.51. The second-order valence-corrected chi connectivity index (χ2v) is 10.0. The molecular formula is C39H28O. The van der Waals surface area contributed by atoms with Crippen molar-refractivity contribution in [3.05, 3.63) is 144 Å². The highest BCUT2D eigenvalue weighted by molar-refractivity contribution is 6.14. The molecule has 0 atom stereocenters.